The maximum atomic E-state index is 7.15. The van der Waals surface area contributed by atoms with Gasteiger partial charge in [-0.25, -0.2) is 0 Å². The zero-order valence-electron chi connectivity index (χ0n) is 34.2. The Morgan fingerprint density at radius 3 is 1.35 bits per heavy atom. The number of fused-ring (bicyclic) bond motifs is 3. The third kappa shape index (κ3) is 7.10. The Kier molecular flexibility index (Phi) is 9.72. The van der Waals surface area contributed by atoms with Gasteiger partial charge in [0, 0.05) is 74.0 Å². The fourth-order valence-electron chi connectivity index (χ4n) is 8.15. The van der Waals surface area contributed by atoms with Crippen molar-refractivity contribution in [1.29, 1.82) is 0 Å². The molecule has 1 aliphatic rings. The lowest BCUT2D eigenvalue weighted by Gasteiger charge is -2.33. The molecule has 0 N–H and O–H groups in total. The molecule has 1 aromatic heterocycles. The molecular weight excluding hydrogens is 750 g/mol. The van der Waals surface area contributed by atoms with Crippen molar-refractivity contribution in [2.75, 3.05) is 9.80 Å². The largest absolute Gasteiger partial charge is 0.456 e. The highest BCUT2D eigenvalue weighted by atomic mass is 31.1. The van der Waals surface area contributed by atoms with E-state index in [4.69, 9.17) is 9.72 Å². The Bertz CT molecular complexity index is 2760. The first kappa shape index (κ1) is 37.3. The van der Waals surface area contributed by atoms with Crippen molar-refractivity contribution in [3.05, 3.63) is 217 Å². The number of pyridine rings is 1. The molecule has 8 aromatic carbocycles. The summed E-state index contributed by atoms with van der Waals surface area (Å²) in [6, 6.07) is 68.1. The molecule has 0 saturated carbocycles. The minimum Gasteiger partial charge on any atom is -0.456 e. The van der Waals surface area contributed by atoms with Crippen LogP contribution in [0.25, 0.3) is 22.0 Å². The van der Waals surface area contributed by atoms with Gasteiger partial charge in [0.2, 0.25) is 0 Å². The third-order valence-corrected chi connectivity index (χ3v) is 13.8. The second-order valence-electron chi connectivity index (χ2n) is 15.7. The van der Waals surface area contributed by atoms with Gasteiger partial charge in [-0.3, -0.25) is 4.98 Å². The summed E-state index contributed by atoms with van der Waals surface area (Å²) >= 11 is 0. The van der Waals surface area contributed by atoms with Crippen molar-refractivity contribution in [2.24, 2.45) is 0 Å². The Balaban J connectivity index is 1.15. The molecular formula is C55H44N3OP. The molecule has 5 heteroatoms. The molecule has 0 bridgehead atoms. The van der Waals surface area contributed by atoms with E-state index in [9.17, 15) is 0 Å². The zero-order valence-corrected chi connectivity index (χ0v) is 35.1. The molecule has 0 spiro atoms. The van der Waals surface area contributed by atoms with Crippen molar-refractivity contribution < 1.29 is 4.74 Å². The summed E-state index contributed by atoms with van der Waals surface area (Å²) in [6.45, 7) is 8.52. The second kappa shape index (κ2) is 15.6. The summed E-state index contributed by atoms with van der Waals surface area (Å²) < 4.78 is 7.15. The number of anilines is 6. The highest BCUT2D eigenvalue weighted by Crippen LogP contribution is 2.49. The second-order valence-corrected chi connectivity index (χ2v) is 17.8. The van der Waals surface area contributed by atoms with Crippen molar-refractivity contribution in [2.45, 2.75) is 27.7 Å². The molecule has 60 heavy (non-hydrogen) atoms. The van der Waals surface area contributed by atoms with Gasteiger partial charge in [0.15, 0.2) is 0 Å². The van der Waals surface area contributed by atoms with Gasteiger partial charge in [-0.05, 0) is 131 Å². The van der Waals surface area contributed by atoms with E-state index in [0.29, 0.717) is 0 Å². The summed E-state index contributed by atoms with van der Waals surface area (Å²) in [7, 11) is -1.04. The third-order valence-electron chi connectivity index (χ3n) is 11.3. The molecule has 2 heterocycles. The average Bonchev–Trinajstić information content (AvgIpc) is 3.28. The van der Waals surface area contributed by atoms with Crippen molar-refractivity contribution in [3.8, 4) is 22.8 Å². The Morgan fingerprint density at radius 1 is 0.417 bits per heavy atom. The smallest absolute Gasteiger partial charge is 0.137 e. The predicted molar refractivity (Wildman–Crippen MR) is 254 cm³/mol. The molecule has 10 rings (SSSR count). The van der Waals surface area contributed by atoms with E-state index in [1.807, 2.05) is 6.20 Å². The molecule has 4 nitrogen and oxygen atoms in total. The summed E-state index contributed by atoms with van der Waals surface area (Å²) in [5.74, 6) is 1.72. The Labute approximate surface area is 353 Å². The van der Waals surface area contributed by atoms with E-state index in [0.717, 1.165) is 62.3 Å². The first-order chi connectivity index (χ1) is 29.4. The van der Waals surface area contributed by atoms with Crippen LogP contribution in [0.1, 0.15) is 22.3 Å². The Hall–Kier alpha value is -7.00. The predicted octanol–water partition coefficient (Wildman–Crippen LogP) is 13.9. The number of hydrogen-bond acceptors (Lipinski definition) is 4. The maximum absolute atomic E-state index is 7.15. The minimum atomic E-state index is -1.04. The number of nitrogens with zero attached hydrogens (tertiary/aromatic N) is 3. The number of aromatic nitrogens is 1. The molecule has 1 aliphatic heterocycles. The van der Waals surface area contributed by atoms with Gasteiger partial charge in [-0.15, -0.1) is 0 Å². The van der Waals surface area contributed by atoms with Crippen LogP contribution in [-0.4, -0.2) is 4.98 Å². The molecule has 0 amide bonds. The first-order valence-corrected chi connectivity index (χ1v) is 21.8. The van der Waals surface area contributed by atoms with Crippen LogP contribution in [0, 0.1) is 27.7 Å². The molecule has 0 radical (unpaired) electrons. The van der Waals surface area contributed by atoms with Gasteiger partial charge >= 0.3 is 0 Å². The van der Waals surface area contributed by atoms with Crippen LogP contribution >= 0.6 is 7.92 Å². The van der Waals surface area contributed by atoms with Gasteiger partial charge in [0.1, 0.15) is 11.5 Å². The van der Waals surface area contributed by atoms with E-state index in [2.05, 4.69) is 226 Å². The van der Waals surface area contributed by atoms with Crippen LogP contribution in [0.4, 0.5) is 34.1 Å². The fourth-order valence-corrected chi connectivity index (χ4v) is 10.6. The minimum absolute atomic E-state index is 0.860. The quantitative estimate of drug-likeness (QED) is 0.143. The lowest BCUT2D eigenvalue weighted by molar-refractivity contribution is 0.489. The number of benzene rings is 8. The SMILES string of the molecule is Cc1ccc(N(c2ccc(C)cc2)c2ccc3c(c2)Oc2cc(N(c4ccc(C)cc4)c4ccc(C)cc4)ccc2P3c2cccc(-c3nccc4ccccc34)c2)cc1. The number of ether oxygens (including phenoxy) is 1. The highest BCUT2D eigenvalue weighted by Gasteiger charge is 2.31. The van der Waals surface area contributed by atoms with E-state index >= 15 is 0 Å². The van der Waals surface area contributed by atoms with Crippen molar-refractivity contribution in [1.82, 2.24) is 4.98 Å². The monoisotopic (exact) mass is 793 g/mol. The van der Waals surface area contributed by atoms with Gasteiger partial charge in [-0.1, -0.05) is 113 Å². The lowest BCUT2D eigenvalue weighted by Crippen LogP contribution is -2.28. The van der Waals surface area contributed by atoms with Crippen LogP contribution in [0.15, 0.2) is 194 Å². The van der Waals surface area contributed by atoms with Crippen LogP contribution in [-0.2, 0) is 0 Å². The fraction of sp³-hybridized carbons (Fsp3) is 0.0727. The lowest BCUT2D eigenvalue weighted by atomic mass is 10.0. The van der Waals surface area contributed by atoms with Gasteiger partial charge in [0.25, 0.3) is 0 Å². The van der Waals surface area contributed by atoms with Crippen molar-refractivity contribution in [3.63, 3.8) is 0 Å². The maximum Gasteiger partial charge on any atom is 0.137 e. The topological polar surface area (TPSA) is 28.6 Å². The first-order valence-electron chi connectivity index (χ1n) is 20.4. The van der Waals surface area contributed by atoms with Crippen molar-refractivity contribution >= 4 is 68.7 Å². The molecule has 0 saturated heterocycles. The highest BCUT2D eigenvalue weighted by molar-refractivity contribution is 7.80. The molecule has 0 unspecified atom stereocenters. The van der Waals surface area contributed by atoms with Crippen LogP contribution in [0.3, 0.4) is 0 Å². The van der Waals surface area contributed by atoms with E-state index in [1.54, 1.807) is 0 Å². The average molecular weight is 794 g/mol. The summed E-state index contributed by atoms with van der Waals surface area (Å²) in [5, 5.41) is 5.93. The molecule has 0 fully saturated rings. The Morgan fingerprint density at radius 2 is 0.867 bits per heavy atom. The normalized spacial score (nSPS) is 12.1. The molecule has 0 atom stereocenters. The number of aryl methyl sites for hydroxylation is 4. The number of hydrogen-bond donors (Lipinski definition) is 0. The van der Waals surface area contributed by atoms with Gasteiger partial charge in [-0.2, -0.15) is 0 Å². The van der Waals surface area contributed by atoms with Gasteiger partial charge in [0.05, 0.1) is 5.69 Å². The van der Waals surface area contributed by atoms with Gasteiger partial charge < -0.3 is 14.5 Å². The number of rotatable bonds is 8. The molecule has 0 aliphatic carbocycles. The summed E-state index contributed by atoms with van der Waals surface area (Å²) in [6.07, 6.45) is 1.92. The summed E-state index contributed by atoms with van der Waals surface area (Å²) in [5.41, 5.74) is 13.4. The van der Waals surface area contributed by atoms with E-state index < -0.39 is 7.92 Å². The van der Waals surface area contributed by atoms with Crippen LogP contribution < -0.4 is 30.5 Å². The van der Waals surface area contributed by atoms with Crippen LogP contribution in [0.2, 0.25) is 0 Å². The van der Waals surface area contributed by atoms with E-state index in [-0.39, 0.29) is 0 Å². The molecule has 290 valence electrons. The zero-order chi connectivity index (χ0) is 40.7. The van der Waals surface area contributed by atoms with Crippen LogP contribution in [0.5, 0.6) is 11.5 Å². The summed E-state index contributed by atoms with van der Waals surface area (Å²) in [4.78, 5) is 9.56. The standard InChI is InChI=1S/C55H44N3OP/c1-37-12-20-43(21-13-37)57(44-22-14-38(2)15-23-44)47-28-30-53-51(35-47)59-52-36-48(58(45-24-16-39(3)17-25-45)46-26-18-40(4)19-27-46)29-31-54(52)60(53)49-10-7-9-42(34-49)55-50-11-6-5-8-41(50)32-33-56-55/h5-36H,1-4H3. The van der Waals surface area contributed by atoms with E-state index in [1.165, 1.54) is 43.6 Å². The molecule has 9 aromatic rings.